The number of nitrogens with zero attached hydrogens (tertiary/aromatic N) is 2. The zero-order valence-corrected chi connectivity index (χ0v) is 11.1. The van der Waals surface area contributed by atoms with E-state index in [0.717, 1.165) is 26.2 Å². The number of amides is 1. The average Bonchev–Trinajstić information content (AvgIpc) is 2.15. The number of piperazine rings is 1. The Morgan fingerprint density at radius 1 is 1.12 bits per heavy atom. The number of rotatable bonds is 1. The van der Waals surface area contributed by atoms with Gasteiger partial charge >= 0.3 is 6.09 Å². The molecule has 16 heavy (non-hydrogen) atoms. The molecule has 0 saturated carbocycles. The van der Waals surface area contributed by atoms with E-state index < -0.39 is 5.60 Å². The lowest BCUT2D eigenvalue weighted by Crippen LogP contribution is -2.51. The molecule has 4 heteroatoms. The Hall–Kier alpha value is -0.770. The summed E-state index contributed by atoms with van der Waals surface area (Å²) in [7, 11) is 0. The van der Waals surface area contributed by atoms with E-state index in [4.69, 9.17) is 4.74 Å². The van der Waals surface area contributed by atoms with E-state index in [1.165, 1.54) is 0 Å². The van der Waals surface area contributed by atoms with Gasteiger partial charge in [-0.3, -0.25) is 4.90 Å². The van der Waals surface area contributed by atoms with Gasteiger partial charge in [0.05, 0.1) is 0 Å². The molecule has 0 aromatic rings. The predicted molar refractivity (Wildman–Crippen MR) is 64.5 cm³/mol. The van der Waals surface area contributed by atoms with Crippen LogP contribution < -0.4 is 0 Å². The molecular formula is C12H24N2O2. The Kier molecular flexibility index (Phi) is 4.19. The van der Waals surface area contributed by atoms with Crippen molar-refractivity contribution in [2.75, 3.05) is 26.2 Å². The lowest BCUT2D eigenvalue weighted by atomic mass is 10.2. The van der Waals surface area contributed by atoms with Crippen molar-refractivity contribution < 1.29 is 9.53 Å². The van der Waals surface area contributed by atoms with Crippen LogP contribution in [0.15, 0.2) is 0 Å². The van der Waals surface area contributed by atoms with Gasteiger partial charge in [0.2, 0.25) is 0 Å². The smallest absolute Gasteiger partial charge is 0.410 e. The molecule has 94 valence electrons. The minimum atomic E-state index is -0.397. The van der Waals surface area contributed by atoms with Crippen molar-refractivity contribution >= 4 is 6.09 Å². The average molecular weight is 228 g/mol. The summed E-state index contributed by atoms with van der Waals surface area (Å²) in [6.45, 7) is 13.5. The molecule has 0 radical (unpaired) electrons. The second kappa shape index (κ2) is 5.04. The molecule has 1 rings (SSSR count). The van der Waals surface area contributed by atoms with Crippen LogP contribution in [0.4, 0.5) is 4.79 Å². The van der Waals surface area contributed by atoms with Gasteiger partial charge in [-0.05, 0) is 34.6 Å². The fourth-order valence-electron chi connectivity index (χ4n) is 1.75. The van der Waals surface area contributed by atoms with E-state index in [0.29, 0.717) is 6.04 Å². The third-order valence-corrected chi connectivity index (χ3v) is 2.70. The molecule has 0 aromatic heterocycles. The summed E-state index contributed by atoms with van der Waals surface area (Å²) >= 11 is 0. The van der Waals surface area contributed by atoms with Gasteiger partial charge in [-0.15, -0.1) is 0 Å². The van der Waals surface area contributed by atoms with Crippen molar-refractivity contribution in [1.29, 1.82) is 0 Å². The normalized spacial score (nSPS) is 19.0. The summed E-state index contributed by atoms with van der Waals surface area (Å²) in [4.78, 5) is 15.9. The zero-order valence-electron chi connectivity index (χ0n) is 11.1. The molecule has 0 spiro atoms. The van der Waals surface area contributed by atoms with E-state index in [1.54, 1.807) is 4.90 Å². The van der Waals surface area contributed by atoms with Crippen molar-refractivity contribution in [2.24, 2.45) is 0 Å². The highest BCUT2D eigenvalue weighted by atomic mass is 16.6. The van der Waals surface area contributed by atoms with Crippen LogP contribution in [0.5, 0.6) is 0 Å². The molecule has 1 saturated heterocycles. The van der Waals surface area contributed by atoms with Crippen LogP contribution in [0.2, 0.25) is 0 Å². The highest BCUT2D eigenvalue weighted by Gasteiger charge is 2.26. The Bertz CT molecular complexity index is 238. The molecule has 0 aliphatic carbocycles. The third-order valence-electron chi connectivity index (χ3n) is 2.70. The van der Waals surface area contributed by atoms with Gasteiger partial charge in [0.15, 0.2) is 0 Å². The predicted octanol–water partition coefficient (Wildman–Crippen LogP) is 1.95. The molecule has 0 atom stereocenters. The van der Waals surface area contributed by atoms with Crippen LogP contribution in [-0.2, 0) is 4.74 Å². The summed E-state index contributed by atoms with van der Waals surface area (Å²) in [6.07, 6.45) is -0.184. The van der Waals surface area contributed by atoms with E-state index in [-0.39, 0.29) is 6.09 Å². The number of carbonyl (C=O) groups is 1. The molecule has 4 nitrogen and oxygen atoms in total. The molecule has 1 amide bonds. The first-order valence-corrected chi connectivity index (χ1v) is 6.01. The molecule has 1 heterocycles. The van der Waals surface area contributed by atoms with Crippen LogP contribution >= 0.6 is 0 Å². The molecule has 1 fully saturated rings. The van der Waals surface area contributed by atoms with Gasteiger partial charge in [-0.2, -0.15) is 0 Å². The summed E-state index contributed by atoms with van der Waals surface area (Å²) in [6, 6.07) is 0.556. The highest BCUT2D eigenvalue weighted by molar-refractivity contribution is 5.68. The van der Waals surface area contributed by atoms with Gasteiger partial charge in [0, 0.05) is 32.2 Å². The monoisotopic (exact) mass is 228 g/mol. The van der Waals surface area contributed by atoms with Crippen LogP contribution in [0.25, 0.3) is 0 Å². The van der Waals surface area contributed by atoms with E-state index in [9.17, 15) is 4.79 Å². The summed E-state index contributed by atoms with van der Waals surface area (Å²) < 4.78 is 5.34. The highest BCUT2D eigenvalue weighted by Crippen LogP contribution is 2.12. The van der Waals surface area contributed by atoms with Crippen molar-refractivity contribution in [2.45, 2.75) is 46.3 Å². The van der Waals surface area contributed by atoms with E-state index in [2.05, 4.69) is 18.7 Å². The van der Waals surface area contributed by atoms with Gasteiger partial charge in [0.1, 0.15) is 5.60 Å². The molecule has 0 bridgehead atoms. The first-order chi connectivity index (χ1) is 7.29. The number of ether oxygens (including phenoxy) is 1. The fraction of sp³-hybridized carbons (Fsp3) is 0.917. The van der Waals surface area contributed by atoms with Gasteiger partial charge in [0.25, 0.3) is 0 Å². The largest absolute Gasteiger partial charge is 0.444 e. The maximum atomic E-state index is 11.8. The van der Waals surface area contributed by atoms with Crippen molar-refractivity contribution in [3.05, 3.63) is 0 Å². The molecule has 1 aliphatic rings. The second-order valence-corrected chi connectivity index (χ2v) is 5.60. The first kappa shape index (κ1) is 13.3. The molecule has 0 N–H and O–H groups in total. The molecule has 0 aromatic carbocycles. The Balaban J connectivity index is 2.39. The van der Waals surface area contributed by atoms with Crippen LogP contribution in [0.3, 0.4) is 0 Å². The fourth-order valence-corrected chi connectivity index (χ4v) is 1.75. The lowest BCUT2D eigenvalue weighted by molar-refractivity contribution is 0.0118. The van der Waals surface area contributed by atoms with Crippen LogP contribution in [-0.4, -0.2) is 53.7 Å². The SMILES string of the molecule is CC(C)N1CCN(C(=O)OC(C)(C)C)CC1. The Morgan fingerprint density at radius 3 is 2.00 bits per heavy atom. The summed E-state index contributed by atoms with van der Waals surface area (Å²) in [5.41, 5.74) is -0.397. The Labute approximate surface area is 98.5 Å². The summed E-state index contributed by atoms with van der Waals surface area (Å²) in [5, 5.41) is 0. The maximum Gasteiger partial charge on any atom is 0.410 e. The minimum Gasteiger partial charge on any atom is -0.444 e. The Morgan fingerprint density at radius 2 is 1.62 bits per heavy atom. The van der Waals surface area contributed by atoms with Gasteiger partial charge in [-0.25, -0.2) is 4.79 Å². The first-order valence-electron chi connectivity index (χ1n) is 6.01. The molecular weight excluding hydrogens is 204 g/mol. The van der Waals surface area contributed by atoms with Gasteiger partial charge < -0.3 is 9.64 Å². The number of hydrogen-bond donors (Lipinski definition) is 0. The standard InChI is InChI=1S/C12H24N2O2/c1-10(2)13-6-8-14(9-7-13)11(15)16-12(3,4)5/h10H,6-9H2,1-5H3. The van der Waals surface area contributed by atoms with E-state index >= 15 is 0 Å². The topological polar surface area (TPSA) is 32.8 Å². The summed E-state index contributed by atoms with van der Waals surface area (Å²) in [5.74, 6) is 0. The maximum absolute atomic E-state index is 11.8. The zero-order chi connectivity index (χ0) is 12.3. The van der Waals surface area contributed by atoms with E-state index in [1.807, 2.05) is 20.8 Å². The van der Waals surface area contributed by atoms with Crippen LogP contribution in [0.1, 0.15) is 34.6 Å². The third kappa shape index (κ3) is 4.00. The quantitative estimate of drug-likeness (QED) is 0.687. The number of carbonyl (C=O) groups excluding carboxylic acids is 1. The number of hydrogen-bond acceptors (Lipinski definition) is 3. The van der Waals surface area contributed by atoms with Crippen molar-refractivity contribution in [3.8, 4) is 0 Å². The van der Waals surface area contributed by atoms with Crippen molar-refractivity contribution in [1.82, 2.24) is 9.80 Å². The van der Waals surface area contributed by atoms with Gasteiger partial charge in [-0.1, -0.05) is 0 Å². The van der Waals surface area contributed by atoms with Crippen LogP contribution in [0, 0.1) is 0 Å². The molecule has 1 aliphatic heterocycles. The second-order valence-electron chi connectivity index (χ2n) is 5.60. The lowest BCUT2D eigenvalue weighted by Gasteiger charge is -2.37. The minimum absolute atomic E-state index is 0.184. The molecule has 0 unspecified atom stereocenters. The van der Waals surface area contributed by atoms with Crippen molar-refractivity contribution in [3.63, 3.8) is 0 Å².